The number of unbranched alkanes of at least 4 members (excludes halogenated alkanes) is 2. The molecule has 0 bridgehead atoms. The van der Waals surface area contributed by atoms with E-state index in [0.717, 1.165) is 52.0 Å². The summed E-state index contributed by atoms with van der Waals surface area (Å²) in [4.78, 5) is 18.3. The fourth-order valence-electron chi connectivity index (χ4n) is 2.14. The Morgan fingerprint density at radius 1 is 1.17 bits per heavy atom. The summed E-state index contributed by atoms with van der Waals surface area (Å²) in [6.07, 6.45) is 2.94. The number of likely N-dealkylation sites (N-methyl/N-ethyl adjacent to an activating group) is 2. The van der Waals surface area contributed by atoms with Crippen LogP contribution < -0.4 is 0 Å². The number of carbonyl (C=O) groups is 1. The van der Waals surface area contributed by atoms with Crippen LogP contribution in [0.1, 0.15) is 19.3 Å². The first kappa shape index (κ1) is 15.4. The van der Waals surface area contributed by atoms with Gasteiger partial charge in [-0.15, -0.1) is 0 Å². The van der Waals surface area contributed by atoms with Gasteiger partial charge in [0, 0.05) is 32.8 Å². The molecule has 0 saturated carbocycles. The SMILES string of the molecule is CN1CCN(C(=O)CN(C)CCCCCO)CC1. The third-order valence-corrected chi connectivity index (χ3v) is 3.46. The van der Waals surface area contributed by atoms with Gasteiger partial charge in [0.25, 0.3) is 0 Å². The lowest BCUT2D eigenvalue weighted by Crippen LogP contribution is -2.49. The van der Waals surface area contributed by atoms with E-state index in [-0.39, 0.29) is 12.5 Å². The number of aliphatic hydroxyl groups excluding tert-OH is 1. The summed E-state index contributed by atoms with van der Waals surface area (Å²) in [7, 11) is 4.09. The lowest BCUT2D eigenvalue weighted by atomic mass is 10.2. The Kier molecular flexibility index (Phi) is 7.23. The summed E-state index contributed by atoms with van der Waals surface area (Å²) in [5.41, 5.74) is 0. The topological polar surface area (TPSA) is 47.0 Å². The van der Waals surface area contributed by atoms with E-state index < -0.39 is 0 Å². The molecule has 1 aliphatic rings. The fourth-order valence-corrected chi connectivity index (χ4v) is 2.14. The number of aliphatic hydroxyl groups is 1. The molecule has 1 amide bonds. The van der Waals surface area contributed by atoms with E-state index in [9.17, 15) is 4.79 Å². The Hall–Kier alpha value is -0.650. The van der Waals surface area contributed by atoms with Crippen molar-refractivity contribution in [3.63, 3.8) is 0 Å². The Labute approximate surface area is 110 Å². The smallest absolute Gasteiger partial charge is 0.236 e. The minimum Gasteiger partial charge on any atom is -0.396 e. The normalized spacial score (nSPS) is 17.4. The van der Waals surface area contributed by atoms with Crippen molar-refractivity contribution in [2.24, 2.45) is 0 Å². The third-order valence-electron chi connectivity index (χ3n) is 3.46. The number of rotatable bonds is 7. The standard InChI is InChI=1S/C13H27N3O2/c1-14-7-9-16(10-8-14)13(18)12-15(2)6-4-3-5-11-17/h17H,3-12H2,1-2H3. The van der Waals surface area contributed by atoms with Crippen molar-refractivity contribution in [3.05, 3.63) is 0 Å². The molecule has 0 radical (unpaired) electrons. The van der Waals surface area contributed by atoms with Crippen molar-refractivity contribution in [2.75, 3.05) is 60.0 Å². The fraction of sp³-hybridized carbons (Fsp3) is 0.923. The number of hydrogen-bond acceptors (Lipinski definition) is 4. The number of carbonyl (C=O) groups excluding carboxylic acids is 1. The van der Waals surface area contributed by atoms with E-state index in [2.05, 4.69) is 16.8 Å². The van der Waals surface area contributed by atoms with Crippen molar-refractivity contribution < 1.29 is 9.90 Å². The molecule has 0 aromatic heterocycles. The monoisotopic (exact) mass is 257 g/mol. The van der Waals surface area contributed by atoms with Crippen molar-refractivity contribution in [1.29, 1.82) is 0 Å². The van der Waals surface area contributed by atoms with Crippen LogP contribution in [-0.4, -0.2) is 85.7 Å². The zero-order valence-corrected chi connectivity index (χ0v) is 11.8. The second-order valence-corrected chi connectivity index (χ2v) is 5.21. The Balaban J connectivity index is 2.14. The van der Waals surface area contributed by atoms with Gasteiger partial charge in [-0.1, -0.05) is 0 Å². The minimum atomic E-state index is 0.243. The Bertz CT molecular complexity index is 240. The molecule has 0 aliphatic carbocycles. The van der Waals surface area contributed by atoms with Gasteiger partial charge in [-0.3, -0.25) is 9.69 Å². The number of amides is 1. The van der Waals surface area contributed by atoms with Gasteiger partial charge in [0.1, 0.15) is 0 Å². The molecule has 0 spiro atoms. The molecule has 1 rings (SSSR count). The maximum Gasteiger partial charge on any atom is 0.236 e. The van der Waals surface area contributed by atoms with Crippen LogP contribution in [0.4, 0.5) is 0 Å². The lowest BCUT2D eigenvalue weighted by molar-refractivity contribution is -0.133. The zero-order chi connectivity index (χ0) is 13.4. The highest BCUT2D eigenvalue weighted by molar-refractivity contribution is 5.78. The van der Waals surface area contributed by atoms with Gasteiger partial charge in [-0.2, -0.15) is 0 Å². The third kappa shape index (κ3) is 5.80. The van der Waals surface area contributed by atoms with E-state index in [0.29, 0.717) is 6.54 Å². The summed E-state index contributed by atoms with van der Waals surface area (Å²) in [5, 5.41) is 8.69. The molecular weight excluding hydrogens is 230 g/mol. The average Bonchev–Trinajstić information content (AvgIpc) is 2.35. The average molecular weight is 257 g/mol. The van der Waals surface area contributed by atoms with E-state index in [4.69, 9.17) is 5.11 Å². The van der Waals surface area contributed by atoms with Crippen molar-refractivity contribution in [2.45, 2.75) is 19.3 Å². The molecule has 0 unspecified atom stereocenters. The molecule has 1 N–H and O–H groups in total. The predicted molar refractivity (Wildman–Crippen MR) is 72.5 cm³/mol. The van der Waals surface area contributed by atoms with E-state index >= 15 is 0 Å². The maximum absolute atomic E-state index is 12.0. The molecule has 0 atom stereocenters. The quantitative estimate of drug-likeness (QED) is 0.645. The molecule has 5 nitrogen and oxygen atoms in total. The lowest BCUT2D eigenvalue weighted by Gasteiger charge is -2.33. The van der Waals surface area contributed by atoms with Gasteiger partial charge in [0.05, 0.1) is 6.54 Å². The van der Waals surface area contributed by atoms with Crippen LogP contribution in [0.5, 0.6) is 0 Å². The molecule has 0 aromatic carbocycles. The first-order chi connectivity index (χ1) is 8.63. The molecule has 1 fully saturated rings. The second-order valence-electron chi connectivity index (χ2n) is 5.21. The molecular formula is C13H27N3O2. The Morgan fingerprint density at radius 3 is 2.44 bits per heavy atom. The maximum atomic E-state index is 12.0. The molecule has 1 saturated heterocycles. The molecule has 5 heteroatoms. The van der Waals surface area contributed by atoms with Gasteiger partial charge < -0.3 is 14.9 Å². The van der Waals surface area contributed by atoms with E-state index in [1.165, 1.54) is 0 Å². The highest BCUT2D eigenvalue weighted by Gasteiger charge is 2.19. The van der Waals surface area contributed by atoms with Gasteiger partial charge >= 0.3 is 0 Å². The first-order valence-electron chi connectivity index (χ1n) is 6.89. The summed E-state index contributed by atoms with van der Waals surface area (Å²) in [6, 6.07) is 0. The van der Waals surface area contributed by atoms with Crippen molar-refractivity contribution in [3.8, 4) is 0 Å². The highest BCUT2D eigenvalue weighted by Crippen LogP contribution is 2.02. The van der Waals surface area contributed by atoms with Gasteiger partial charge in [0.15, 0.2) is 0 Å². The van der Waals surface area contributed by atoms with E-state index in [1.807, 2.05) is 11.9 Å². The molecule has 1 aliphatic heterocycles. The number of nitrogens with zero attached hydrogens (tertiary/aromatic N) is 3. The van der Waals surface area contributed by atoms with Crippen LogP contribution in [0.15, 0.2) is 0 Å². The summed E-state index contributed by atoms with van der Waals surface area (Å²) >= 11 is 0. The molecule has 18 heavy (non-hydrogen) atoms. The first-order valence-corrected chi connectivity index (χ1v) is 6.89. The van der Waals surface area contributed by atoms with Crippen LogP contribution in [0.25, 0.3) is 0 Å². The van der Waals surface area contributed by atoms with Crippen LogP contribution in [-0.2, 0) is 4.79 Å². The van der Waals surface area contributed by atoms with Crippen molar-refractivity contribution >= 4 is 5.91 Å². The predicted octanol–water partition coefficient (Wildman–Crippen LogP) is -0.145. The van der Waals surface area contributed by atoms with Crippen molar-refractivity contribution in [1.82, 2.24) is 14.7 Å². The van der Waals surface area contributed by atoms with Crippen LogP contribution in [0, 0.1) is 0 Å². The van der Waals surface area contributed by atoms with Gasteiger partial charge in [0.2, 0.25) is 5.91 Å². The second kappa shape index (κ2) is 8.45. The van der Waals surface area contributed by atoms with Gasteiger partial charge in [-0.25, -0.2) is 0 Å². The Morgan fingerprint density at radius 2 is 1.83 bits per heavy atom. The number of hydrogen-bond donors (Lipinski definition) is 1. The molecule has 1 heterocycles. The largest absolute Gasteiger partial charge is 0.396 e. The van der Waals surface area contributed by atoms with Gasteiger partial charge in [-0.05, 0) is 39.9 Å². The summed E-state index contributed by atoms with van der Waals surface area (Å²) in [5.74, 6) is 0.243. The minimum absolute atomic E-state index is 0.243. The van der Waals surface area contributed by atoms with Crippen LogP contribution in [0.2, 0.25) is 0 Å². The molecule has 0 aromatic rings. The number of piperazine rings is 1. The highest BCUT2D eigenvalue weighted by atomic mass is 16.2. The summed E-state index contributed by atoms with van der Waals surface area (Å²) < 4.78 is 0. The van der Waals surface area contributed by atoms with Crippen LogP contribution in [0.3, 0.4) is 0 Å². The zero-order valence-electron chi connectivity index (χ0n) is 11.8. The summed E-state index contributed by atoms with van der Waals surface area (Å²) in [6.45, 7) is 5.38. The van der Waals surface area contributed by atoms with Crippen LogP contribution >= 0.6 is 0 Å². The molecule has 106 valence electrons. The van der Waals surface area contributed by atoms with E-state index in [1.54, 1.807) is 0 Å².